The van der Waals surface area contributed by atoms with Gasteiger partial charge in [-0.2, -0.15) is 5.98 Å². The summed E-state index contributed by atoms with van der Waals surface area (Å²) in [4.78, 5) is 0. The Labute approximate surface area is 85.6 Å². The molecule has 0 radical (unpaired) electrons. The van der Waals surface area contributed by atoms with Gasteiger partial charge in [0.15, 0.2) is 0 Å². The molecule has 0 aliphatic rings. The van der Waals surface area contributed by atoms with Crippen molar-refractivity contribution in [1.82, 2.24) is 0 Å². The molecule has 0 nitrogen and oxygen atoms in total. The van der Waals surface area contributed by atoms with Crippen LogP contribution in [-0.2, 0) is 0 Å². The van der Waals surface area contributed by atoms with Gasteiger partial charge in [0.2, 0.25) is 0 Å². The molecule has 0 heterocycles. The van der Waals surface area contributed by atoms with Crippen LogP contribution in [0.15, 0.2) is 12.6 Å². The van der Waals surface area contributed by atoms with Gasteiger partial charge in [0, 0.05) is 1.43 Å². The summed E-state index contributed by atoms with van der Waals surface area (Å²) >= 11 is 0. The fourth-order valence-electron chi connectivity index (χ4n) is 0. The van der Waals surface area contributed by atoms with Crippen molar-refractivity contribution in [3.63, 3.8) is 0 Å². The summed E-state index contributed by atoms with van der Waals surface area (Å²) < 4.78 is 32.2. The molecule has 0 saturated heterocycles. The molecule has 0 aliphatic carbocycles. The van der Waals surface area contributed by atoms with Crippen LogP contribution >= 0.6 is 0 Å². The Morgan fingerprint density at radius 1 is 1.57 bits per heavy atom. The maximum Gasteiger partial charge on any atom is 1.00 e. The Morgan fingerprint density at radius 3 is 1.71 bits per heavy atom. The van der Waals surface area contributed by atoms with E-state index in [0.717, 1.165) is 0 Å². The topological polar surface area (TPSA) is 0 Å². The van der Waals surface area contributed by atoms with Crippen molar-refractivity contribution in [2.75, 3.05) is 0 Å². The monoisotopic (exact) mass is 137 g/mol. The van der Waals surface area contributed by atoms with E-state index in [1.54, 1.807) is 0 Å². The number of rotatable bonds is 1. The third kappa shape index (κ3) is 11.1. The molecular formula is C2H6BF3K-. The molecule has 0 aromatic heterocycles. The molecule has 40 valence electrons. The van der Waals surface area contributed by atoms with Gasteiger partial charge in [-0.05, 0) is 0 Å². The van der Waals surface area contributed by atoms with Crippen molar-refractivity contribution in [3.05, 3.63) is 12.6 Å². The van der Waals surface area contributed by atoms with E-state index in [-0.39, 0.29) is 60.2 Å². The molecule has 5 heteroatoms. The zero-order valence-electron chi connectivity index (χ0n) is 5.00. The zero-order valence-corrected chi connectivity index (χ0v) is 7.12. The largest absolute Gasteiger partial charge is 1.00 e. The van der Waals surface area contributed by atoms with Crippen LogP contribution < -0.4 is 51.4 Å². The maximum atomic E-state index is 10.7. The van der Waals surface area contributed by atoms with E-state index in [4.69, 9.17) is 0 Å². The molecule has 7 heavy (non-hydrogen) atoms. The summed E-state index contributed by atoms with van der Waals surface area (Å²) in [5.74, 6) is 0. The molecule has 0 aromatic carbocycles. The van der Waals surface area contributed by atoms with Crippen molar-refractivity contribution in [2.45, 2.75) is 0 Å². The fraction of sp³-hybridized carbons (Fsp3) is 0. The fourth-order valence-corrected chi connectivity index (χ4v) is 0. The van der Waals surface area contributed by atoms with Crippen molar-refractivity contribution in [1.29, 1.82) is 0 Å². The van der Waals surface area contributed by atoms with E-state index in [2.05, 4.69) is 6.58 Å². The normalized spacial score (nSPS) is 9.57. The molecule has 0 aliphatic heterocycles. The average Bonchev–Trinajstić information content (AvgIpc) is 1.35. The van der Waals surface area contributed by atoms with E-state index >= 15 is 0 Å². The Bertz CT molecular complexity index is 65.3. The van der Waals surface area contributed by atoms with Gasteiger partial charge < -0.3 is 14.4 Å². The van der Waals surface area contributed by atoms with E-state index in [9.17, 15) is 12.9 Å². The van der Waals surface area contributed by atoms with Crippen LogP contribution in [0.1, 0.15) is 2.85 Å². The first-order valence-electron chi connectivity index (χ1n) is 1.40. The van der Waals surface area contributed by atoms with Crippen LogP contribution in [0.25, 0.3) is 0 Å². The van der Waals surface area contributed by atoms with Gasteiger partial charge in [0.25, 0.3) is 0 Å². The van der Waals surface area contributed by atoms with Gasteiger partial charge in [0.05, 0.1) is 0 Å². The molecule has 0 fully saturated rings. The van der Waals surface area contributed by atoms with E-state index in [0.29, 0.717) is 0 Å². The van der Waals surface area contributed by atoms with Crippen molar-refractivity contribution < 1.29 is 67.2 Å². The molecule has 0 saturated carbocycles. The number of hydrogen-bond donors (Lipinski definition) is 0. The molecule has 0 bridgehead atoms. The molecule has 0 amide bonds. The SMILES string of the molecule is C=C[B-](F)(F)F.[H-].[HH].[K+]. The maximum absolute atomic E-state index is 10.7. The van der Waals surface area contributed by atoms with Gasteiger partial charge in [-0.3, -0.25) is 0 Å². The Hall–Kier alpha value is 1.23. The van der Waals surface area contributed by atoms with Crippen molar-refractivity contribution >= 4 is 6.98 Å². The van der Waals surface area contributed by atoms with E-state index < -0.39 is 6.98 Å². The second-order valence-corrected chi connectivity index (χ2v) is 0.861. The first-order chi connectivity index (χ1) is 2.56. The Kier molecular flexibility index (Phi) is 6.56. The second kappa shape index (κ2) is 4.14. The molecular weight excluding hydrogens is 131 g/mol. The van der Waals surface area contributed by atoms with Gasteiger partial charge in [-0.1, -0.05) is 0 Å². The van der Waals surface area contributed by atoms with Gasteiger partial charge >= 0.3 is 58.4 Å². The molecule has 0 atom stereocenters. The number of hydrogen-bond acceptors (Lipinski definition) is 0. The quantitative estimate of drug-likeness (QED) is 0.403. The molecule has 0 N–H and O–H groups in total. The molecule has 0 unspecified atom stereocenters. The second-order valence-electron chi connectivity index (χ2n) is 0.861. The van der Waals surface area contributed by atoms with Gasteiger partial charge in [-0.15, -0.1) is 6.58 Å². The summed E-state index contributed by atoms with van der Waals surface area (Å²) in [7, 11) is 0. The van der Waals surface area contributed by atoms with Crippen molar-refractivity contribution in [2.24, 2.45) is 0 Å². The zero-order chi connectivity index (χ0) is 5.21. The predicted octanol–water partition coefficient (Wildman–Crippen LogP) is -1.08. The van der Waals surface area contributed by atoms with Crippen LogP contribution in [0.5, 0.6) is 0 Å². The Morgan fingerprint density at radius 2 is 1.71 bits per heavy atom. The minimum absolute atomic E-state index is 0. The minimum Gasteiger partial charge on any atom is -1.00 e. The summed E-state index contributed by atoms with van der Waals surface area (Å²) in [6.07, 6.45) is 0. The number of halogens is 3. The van der Waals surface area contributed by atoms with Gasteiger partial charge in [0.1, 0.15) is 0 Å². The Balaban J connectivity index is -0.0000000417. The average molecular weight is 137 g/mol. The van der Waals surface area contributed by atoms with E-state index in [1.165, 1.54) is 0 Å². The van der Waals surface area contributed by atoms with Crippen LogP contribution in [-0.4, -0.2) is 6.98 Å². The van der Waals surface area contributed by atoms with Crippen LogP contribution in [0.3, 0.4) is 0 Å². The molecule has 0 aromatic rings. The molecule has 0 spiro atoms. The molecule has 0 rings (SSSR count). The first-order valence-corrected chi connectivity index (χ1v) is 1.40. The summed E-state index contributed by atoms with van der Waals surface area (Å²) in [6.45, 7) is -2.19. The summed E-state index contributed by atoms with van der Waals surface area (Å²) in [5.41, 5.74) is 0. The predicted molar refractivity (Wildman–Crippen MR) is 22.5 cm³/mol. The third-order valence-electron chi connectivity index (χ3n) is 0.267. The van der Waals surface area contributed by atoms with E-state index in [1.807, 2.05) is 0 Å². The van der Waals surface area contributed by atoms with Gasteiger partial charge in [-0.25, -0.2) is 0 Å². The summed E-state index contributed by atoms with van der Waals surface area (Å²) in [5, 5.41) is 0. The van der Waals surface area contributed by atoms with Crippen LogP contribution in [0, 0.1) is 0 Å². The van der Waals surface area contributed by atoms with Crippen molar-refractivity contribution in [3.8, 4) is 0 Å². The van der Waals surface area contributed by atoms with Crippen LogP contribution in [0.2, 0.25) is 0 Å². The minimum atomic E-state index is -4.72. The summed E-state index contributed by atoms with van der Waals surface area (Å²) in [6, 6.07) is 0. The standard InChI is InChI=1S/C2H3BF3.K.H2.H/c1-2-3(4,5)6;;;/h2H,1H2;;1H;/q-1;+1;;-1. The first kappa shape index (κ1) is 11.1. The third-order valence-corrected chi connectivity index (χ3v) is 0.267. The van der Waals surface area contributed by atoms with Crippen LogP contribution in [0.4, 0.5) is 12.9 Å². The smallest absolute Gasteiger partial charge is 1.00 e.